The summed E-state index contributed by atoms with van der Waals surface area (Å²) in [4.78, 5) is 6.74. The van der Waals surface area contributed by atoms with E-state index < -0.39 is 0 Å². The lowest BCUT2D eigenvalue weighted by Crippen LogP contribution is -2.14. The Morgan fingerprint density at radius 1 is 1.05 bits per heavy atom. The van der Waals surface area contributed by atoms with Gasteiger partial charge in [-0.3, -0.25) is 0 Å². The van der Waals surface area contributed by atoms with Gasteiger partial charge in [0.1, 0.15) is 11.6 Å². The van der Waals surface area contributed by atoms with Gasteiger partial charge in [0.2, 0.25) is 0 Å². The molecular formula is C17H14FN3. The Bertz CT molecular complexity index is 845. The second kappa shape index (κ2) is 4.45. The van der Waals surface area contributed by atoms with Gasteiger partial charge in [-0.1, -0.05) is 6.07 Å². The third-order valence-corrected chi connectivity index (χ3v) is 3.92. The molecule has 4 heteroatoms. The highest BCUT2D eigenvalue weighted by Gasteiger charge is 2.21. The van der Waals surface area contributed by atoms with Crippen molar-refractivity contribution in [2.24, 2.45) is 0 Å². The highest BCUT2D eigenvalue weighted by atomic mass is 19.1. The fourth-order valence-electron chi connectivity index (χ4n) is 2.87. The minimum atomic E-state index is -0.214. The standard InChI is InChI=1S/C17H14FN3/c18-13-3-1-11-7-8-21(16(11)10-13)17-6-2-12-9-14(19)4-5-15(12)20-17/h1-6,9-10H,7-8,19H2. The molecule has 1 aromatic heterocycles. The van der Waals surface area contributed by atoms with E-state index in [9.17, 15) is 4.39 Å². The van der Waals surface area contributed by atoms with Crippen LogP contribution in [-0.2, 0) is 6.42 Å². The molecule has 2 heterocycles. The van der Waals surface area contributed by atoms with Gasteiger partial charge in [-0.05, 0) is 54.4 Å². The molecule has 104 valence electrons. The van der Waals surface area contributed by atoms with Crippen molar-refractivity contribution >= 4 is 28.1 Å². The maximum Gasteiger partial charge on any atom is 0.133 e. The van der Waals surface area contributed by atoms with Crippen molar-refractivity contribution in [3.63, 3.8) is 0 Å². The van der Waals surface area contributed by atoms with E-state index in [1.807, 2.05) is 36.4 Å². The molecule has 0 fully saturated rings. The number of hydrogen-bond acceptors (Lipinski definition) is 3. The van der Waals surface area contributed by atoms with Crippen LogP contribution in [0, 0.1) is 5.82 Å². The summed E-state index contributed by atoms with van der Waals surface area (Å²) in [6.45, 7) is 0.826. The molecule has 0 amide bonds. The molecule has 2 aromatic carbocycles. The summed E-state index contributed by atoms with van der Waals surface area (Å²) in [5, 5.41) is 1.01. The minimum absolute atomic E-state index is 0.214. The van der Waals surface area contributed by atoms with Crippen molar-refractivity contribution in [3.8, 4) is 0 Å². The van der Waals surface area contributed by atoms with Crippen molar-refractivity contribution in [1.29, 1.82) is 0 Å². The van der Waals surface area contributed by atoms with Crippen LogP contribution < -0.4 is 10.6 Å². The van der Waals surface area contributed by atoms with Crippen LogP contribution in [0.15, 0.2) is 48.5 Å². The van der Waals surface area contributed by atoms with E-state index in [4.69, 9.17) is 5.73 Å². The number of halogens is 1. The second-order valence-electron chi connectivity index (χ2n) is 5.30. The highest BCUT2D eigenvalue weighted by molar-refractivity contribution is 5.84. The fourth-order valence-corrected chi connectivity index (χ4v) is 2.87. The summed E-state index contributed by atoms with van der Waals surface area (Å²) in [6, 6.07) is 14.6. The quantitative estimate of drug-likeness (QED) is 0.691. The first-order valence-corrected chi connectivity index (χ1v) is 6.93. The maximum atomic E-state index is 13.5. The second-order valence-corrected chi connectivity index (χ2v) is 5.30. The summed E-state index contributed by atoms with van der Waals surface area (Å²) in [5.74, 6) is 0.630. The number of anilines is 3. The van der Waals surface area contributed by atoms with Crippen LogP contribution in [0.1, 0.15) is 5.56 Å². The first-order valence-electron chi connectivity index (χ1n) is 6.93. The molecule has 4 rings (SSSR count). The minimum Gasteiger partial charge on any atom is -0.399 e. The van der Waals surface area contributed by atoms with E-state index in [-0.39, 0.29) is 5.82 Å². The number of fused-ring (bicyclic) bond motifs is 2. The zero-order valence-corrected chi connectivity index (χ0v) is 11.4. The zero-order chi connectivity index (χ0) is 14.4. The monoisotopic (exact) mass is 279 g/mol. The highest BCUT2D eigenvalue weighted by Crippen LogP contribution is 2.34. The Morgan fingerprint density at radius 2 is 1.95 bits per heavy atom. The molecule has 0 saturated heterocycles. The molecule has 3 nitrogen and oxygen atoms in total. The Balaban J connectivity index is 1.82. The average Bonchev–Trinajstić information content (AvgIpc) is 2.89. The van der Waals surface area contributed by atoms with Gasteiger partial charge >= 0.3 is 0 Å². The smallest absolute Gasteiger partial charge is 0.133 e. The maximum absolute atomic E-state index is 13.5. The number of hydrogen-bond donors (Lipinski definition) is 1. The summed E-state index contributed by atoms with van der Waals surface area (Å²) >= 11 is 0. The van der Waals surface area contributed by atoms with Crippen molar-refractivity contribution in [3.05, 3.63) is 59.9 Å². The SMILES string of the molecule is Nc1ccc2nc(N3CCc4ccc(F)cc43)ccc2c1. The van der Waals surface area contributed by atoms with Crippen molar-refractivity contribution in [2.75, 3.05) is 17.2 Å². The van der Waals surface area contributed by atoms with E-state index in [0.717, 1.165) is 46.6 Å². The topological polar surface area (TPSA) is 42.1 Å². The first kappa shape index (κ1) is 12.1. The summed E-state index contributed by atoms with van der Waals surface area (Å²) in [7, 11) is 0. The number of nitrogens with zero attached hydrogens (tertiary/aromatic N) is 2. The third kappa shape index (κ3) is 2.00. The van der Waals surface area contributed by atoms with Gasteiger partial charge < -0.3 is 10.6 Å². The lowest BCUT2D eigenvalue weighted by atomic mass is 10.1. The van der Waals surface area contributed by atoms with Crippen molar-refractivity contribution in [2.45, 2.75) is 6.42 Å². The Morgan fingerprint density at radius 3 is 2.86 bits per heavy atom. The van der Waals surface area contributed by atoms with Gasteiger partial charge in [0.05, 0.1) is 5.52 Å². The Labute approximate surface area is 121 Å². The molecule has 3 aromatic rings. The van der Waals surface area contributed by atoms with E-state index in [2.05, 4.69) is 9.88 Å². The molecule has 1 aliphatic rings. The number of aromatic nitrogens is 1. The van der Waals surface area contributed by atoms with Crippen LogP contribution in [0.25, 0.3) is 10.9 Å². The molecule has 0 atom stereocenters. The van der Waals surface area contributed by atoms with E-state index in [1.165, 1.54) is 6.07 Å². The fraction of sp³-hybridized carbons (Fsp3) is 0.118. The molecular weight excluding hydrogens is 265 g/mol. The van der Waals surface area contributed by atoms with Gasteiger partial charge in [-0.2, -0.15) is 0 Å². The summed E-state index contributed by atoms with van der Waals surface area (Å²) in [6.07, 6.45) is 0.914. The molecule has 0 aliphatic carbocycles. The van der Waals surface area contributed by atoms with Gasteiger partial charge in [0.25, 0.3) is 0 Å². The van der Waals surface area contributed by atoms with Gasteiger partial charge in [0.15, 0.2) is 0 Å². The van der Waals surface area contributed by atoms with Gasteiger partial charge in [-0.15, -0.1) is 0 Å². The Kier molecular flexibility index (Phi) is 2.57. The van der Waals surface area contributed by atoms with E-state index >= 15 is 0 Å². The van der Waals surface area contributed by atoms with Crippen LogP contribution >= 0.6 is 0 Å². The molecule has 0 saturated carbocycles. The summed E-state index contributed by atoms with van der Waals surface area (Å²) in [5.41, 5.74) is 9.48. The number of nitrogen functional groups attached to an aromatic ring is 1. The largest absolute Gasteiger partial charge is 0.399 e. The molecule has 0 spiro atoms. The lowest BCUT2D eigenvalue weighted by Gasteiger charge is -2.18. The number of pyridine rings is 1. The van der Waals surface area contributed by atoms with Crippen molar-refractivity contribution in [1.82, 2.24) is 4.98 Å². The van der Waals surface area contributed by atoms with Crippen LogP contribution in [0.5, 0.6) is 0 Å². The van der Waals surface area contributed by atoms with Gasteiger partial charge in [0, 0.05) is 23.3 Å². The molecule has 0 bridgehead atoms. The molecule has 0 radical (unpaired) electrons. The molecule has 21 heavy (non-hydrogen) atoms. The average molecular weight is 279 g/mol. The number of nitrogens with two attached hydrogens (primary N) is 1. The van der Waals surface area contributed by atoms with Crippen molar-refractivity contribution < 1.29 is 4.39 Å². The lowest BCUT2D eigenvalue weighted by molar-refractivity contribution is 0.628. The zero-order valence-electron chi connectivity index (χ0n) is 11.4. The summed E-state index contributed by atoms with van der Waals surface area (Å²) < 4.78 is 13.5. The number of benzene rings is 2. The van der Waals surface area contributed by atoms with Crippen LogP contribution in [0.4, 0.5) is 21.6 Å². The first-order chi connectivity index (χ1) is 10.2. The van der Waals surface area contributed by atoms with Crippen LogP contribution in [-0.4, -0.2) is 11.5 Å². The normalized spacial score (nSPS) is 13.7. The van der Waals surface area contributed by atoms with E-state index in [0.29, 0.717) is 0 Å². The van der Waals surface area contributed by atoms with Crippen LogP contribution in [0.2, 0.25) is 0 Å². The predicted molar refractivity (Wildman–Crippen MR) is 83.3 cm³/mol. The van der Waals surface area contributed by atoms with E-state index in [1.54, 1.807) is 6.07 Å². The Hall–Kier alpha value is -2.62. The number of rotatable bonds is 1. The van der Waals surface area contributed by atoms with Crippen LogP contribution in [0.3, 0.4) is 0 Å². The molecule has 2 N–H and O–H groups in total. The van der Waals surface area contributed by atoms with Gasteiger partial charge in [-0.25, -0.2) is 9.37 Å². The molecule has 0 unspecified atom stereocenters. The molecule has 1 aliphatic heterocycles. The predicted octanol–water partition coefficient (Wildman–Crippen LogP) is 3.65. The third-order valence-electron chi connectivity index (χ3n) is 3.92.